The molecule has 3 rings (SSSR count). The average Bonchev–Trinajstić information content (AvgIpc) is 2.96. The van der Waals surface area contributed by atoms with E-state index in [1.165, 1.54) is 12.1 Å². The first kappa shape index (κ1) is 18.3. The molecule has 1 fully saturated rings. The van der Waals surface area contributed by atoms with Crippen LogP contribution in [0.25, 0.3) is 6.08 Å². The Bertz CT molecular complexity index is 919. The summed E-state index contributed by atoms with van der Waals surface area (Å²) in [4.78, 5) is 25.1. The van der Waals surface area contributed by atoms with E-state index in [0.717, 1.165) is 5.56 Å². The fourth-order valence-electron chi connectivity index (χ4n) is 2.94. The maximum absolute atomic E-state index is 12.7. The maximum atomic E-state index is 12.7. The monoisotopic (exact) mass is 364 g/mol. The molecule has 1 saturated heterocycles. The van der Waals surface area contributed by atoms with Gasteiger partial charge in [0.05, 0.1) is 19.9 Å². The van der Waals surface area contributed by atoms with Gasteiger partial charge in [0.25, 0.3) is 11.8 Å². The van der Waals surface area contributed by atoms with Crippen molar-refractivity contribution in [3.8, 4) is 11.5 Å². The number of para-hydroxylation sites is 1. The van der Waals surface area contributed by atoms with Crippen LogP contribution >= 0.6 is 0 Å². The normalized spacial score (nSPS) is 15.0. The maximum Gasteiger partial charge on any atom is 0.282 e. The van der Waals surface area contributed by atoms with Crippen molar-refractivity contribution < 1.29 is 19.1 Å². The number of nitrogens with zero attached hydrogens (tertiary/aromatic N) is 1. The number of ether oxygens (including phenoxy) is 2. The molecule has 2 amide bonds. The van der Waals surface area contributed by atoms with E-state index >= 15 is 0 Å². The fourth-order valence-corrected chi connectivity index (χ4v) is 2.94. The Balaban J connectivity index is 2.01. The van der Waals surface area contributed by atoms with Crippen LogP contribution in [-0.2, 0) is 16.0 Å². The van der Waals surface area contributed by atoms with Gasteiger partial charge in [0.1, 0.15) is 5.57 Å². The van der Waals surface area contributed by atoms with Crippen molar-refractivity contribution in [3.05, 3.63) is 71.8 Å². The van der Waals surface area contributed by atoms with Gasteiger partial charge in [0.2, 0.25) is 0 Å². The van der Waals surface area contributed by atoms with Gasteiger partial charge in [-0.3, -0.25) is 15.0 Å². The number of hydrogen-bond acceptors (Lipinski definition) is 4. The molecule has 1 aliphatic rings. The predicted octanol–water partition coefficient (Wildman–Crippen LogP) is 2.89. The second-order valence-electron chi connectivity index (χ2n) is 5.88. The van der Waals surface area contributed by atoms with Crippen molar-refractivity contribution in [2.75, 3.05) is 19.2 Å². The lowest BCUT2D eigenvalue weighted by Gasteiger charge is -2.14. The van der Waals surface area contributed by atoms with Crippen molar-refractivity contribution in [1.82, 2.24) is 5.43 Å². The molecule has 0 radical (unpaired) electrons. The summed E-state index contributed by atoms with van der Waals surface area (Å²) in [6.45, 7) is 3.75. The summed E-state index contributed by atoms with van der Waals surface area (Å²) < 4.78 is 10.8. The first-order valence-corrected chi connectivity index (χ1v) is 8.37. The Morgan fingerprint density at radius 3 is 2.48 bits per heavy atom. The van der Waals surface area contributed by atoms with Gasteiger partial charge in [0.15, 0.2) is 11.5 Å². The first-order chi connectivity index (χ1) is 13.1. The largest absolute Gasteiger partial charge is 0.493 e. The molecule has 2 aromatic rings. The number of carbonyl (C=O) groups is 2. The van der Waals surface area contributed by atoms with Crippen molar-refractivity contribution >= 4 is 23.6 Å². The fraction of sp³-hybridized carbons (Fsp3) is 0.143. The number of anilines is 1. The third kappa shape index (κ3) is 3.55. The standard InChI is InChI=1S/C21H20N2O4/c1-4-8-15-11-14(13-18(26-2)19(15)27-3)12-17-20(24)22-23(21(17)25)16-9-6-5-7-10-16/h4-7,9-13H,1,8H2,2-3H3,(H,22,24)/b17-12-. The van der Waals surface area contributed by atoms with Crippen LogP contribution in [0.2, 0.25) is 0 Å². The summed E-state index contributed by atoms with van der Waals surface area (Å²) in [5, 5.41) is 1.24. The van der Waals surface area contributed by atoms with Gasteiger partial charge in [-0.15, -0.1) is 6.58 Å². The van der Waals surface area contributed by atoms with Gasteiger partial charge in [0, 0.05) is 5.56 Å². The molecular weight excluding hydrogens is 344 g/mol. The van der Waals surface area contributed by atoms with E-state index in [1.54, 1.807) is 49.6 Å². The molecule has 1 heterocycles. The zero-order chi connectivity index (χ0) is 19.4. The van der Waals surface area contributed by atoms with Gasteiger partial charge in [-0.25, -0.2) is 5.01 Å². The molecule has 138 valence electrons. The zero-order valence-electron chi connectivity index (χ0n) is 15.2. The summed E-state index contributed by atoms with van der Waals surface area (Å²) in [7, 11) is 3.10. The molecule has 6 nitrogen and oxygen atoms in total. The number of benzene rings is 2. The average molecular weight is 364 g/mol. The third-order valence-electron chi connectivity index (χ3n) is 4.16. The SMILES string of the molecule is C=CCc1cc(/C=C2/C(=O)NN(c3ccccc3)C2=O)cc(OC)c1OC. The van der Waals surface area contributed by atoms with E-state index in [2.05, 4.69) is 12.0 Å². The van der Waals surface area contributed by atoms with E-state index in [9.17, 15) is 9.59 Å². The lowest BCUT2D eigenvalue weighted by Crippen LogP contribution is -2.35. The number of hydrogen-bond donors (Lipinski definition) is 1. The minimum Gasteiger partial charge on any atom is -0.493 e. The van der Waals surface area contributed by atoms with Crippen LogP contribution in [0.3, 0.4) is 0 Å². The molecule has 1 aliphatic heterocycles. The molecule has 6 heteroatoms. The van der Waals surface area contributed by atoms with E-state index in [0.29, 0.717) is 29.2 Å². The summed E-state index contributed by atoms with van der Waals surface area (Å²) in [6, 6.07) is 12.5. The minimum atomic E-state index is -0.455. The second-order valence-corrected chi connectivity index (χ2v) is 5.88. The highest BCUT2D eigenvalue weighted by Crippen LogP contribution is 2.34. The summed E-state index contributed by atoms with van der Waals surface area (Å²) >= 11 is 0. The van der Waals surface area contributed by atoms with Crippen LogP contribution in [0.1, 0.15) is 11.1 Å². The summed E-state index contributed by atoms with van der Waals surface area (Å²) in [6.07, 6.45) is 3.86. The zero-order valence-corrected chi connectivity index (χ0v) is 15.2. The molecule has 0 unspecified atom stereocenters. The third-order valence-corrected chi connectivity index (χ3v) is 4.16. The summed E-state index contributed by atoms with van der Waals surface area (Å²) in [5.74, 6) is 0.261. The van der Waals surface area contributed by atoms with Crippen LogP contribution < -0.4 is 19.9 Å². The van der Waals surface area contributed by atoms with Gasteiger partial charge in [-0.2, -0.15) is 0 Å². The molecule has 0 aliphatic carbocycles. The first-order valence-electron chi connectivity index (χ1n) is 8.37. The van der Waals surface area contributed by atoms with Gasteiger partial charge >= 0.3 is 0 Å². The molecular formula is C21H20N2O4. The lowest BCUT2D eigenvalue weighted by atomic mass is 10.0. The smallest absolute Gasteiger partial charge is 0.282 e. The molecule has 1 N–H and O–H groups in total. The van der Waals surface area contributed by atoms with Crippen LogP contribution in [0, 0.1) is 0 Å². The van der Waals surface area contributed by atoms with Crippen molar-refractivity contribution in [3.63, 3.8) is 0 Å². The topological polar surface area (TPSA) is 67.9 Å². The quantitative estimate of drug-likeness (QED) is 0.486. The molecule has 0 spiro atoms. The van der Waals surface area contributed by atoms with Crippen LogP contribution in [0.4, 0.5) is 5.69 Å². The molecule has 0 saturated carbocycles. The van der Waals surface area contributed by atoms with Crippen LogP contribution in [0.15, 0.2) is 60.7 Å². The highest BCUT2D eigenvalue weighted by Gasteiger charge is 2.34. The Hall–Kier alpha value is -3.54. The van der Waals surface area contributed by atoms with E-state index in [-0.39, 0.29) is 5.57 Å². The molecule has 0 bridgehead atoms. The molecule has 27 heavy (non-hydrogen) atoms. The van der Waals surface area contributed by atoms with Crippen LogP contribution in [0.5, 0.6) is 11.5 Å². The Morgan fingerprint density at radius 2 is 1.85 bits per heavy atom. The Labute approximate surface area is 157 Å². The number of rotatable bonds is 6. The highest BCUT2D eigenvalue weighted by molar-refractivity contribution is 6.31. The molecule has 2 aromatic carbocycles. The van der Waals surface area contributed by atoms with Crippen molar-refractivity contribution in [2.45, 2.75) is 6.42 Å². The number of nitrogens with one attached hydrogen (secondary N) is 1. The minimum absolute atomic E-state index is 0.0515. The predicted molar refractivity (Wildman–Crippen MR) is 103 cm³/mol. The van der Waals surface area contributed by atoms with E-state index in [1.807, 2.05) is 12.1 Å². The van der Waals surface area contributed by atoms with E-state index in [4.69, 9.17) is 9.47 Å². The Morgan fingerprint density at radius 1 is 1.11 bits per heavy atom. The summed E-state index contributed by atoms with van der Waals surface area (Å²) in [5.41, 5.74) is 4.75. The number of carbonyl (C=O) groups excluding carboxylic acids is 2. The number of hydrazine groups is 1. The van der Waals surface area contributed by atoms with Crippen LogP contribution in [-0.4, -0.2) is 26.0 Å². The van der Waals surface area contributed by atoms with Gasteiger partial charge in [-0.1, -0.05) is 24.3 Å². The van der Waals surface area contributed by atoms with Gasteiger partial charge < -0.3 is 9.47 Å². The van der Waals surface area contributed by atoms with Gasteiger partial charge in [-0.05, 0) is 42.3 Å². The number of amides is 2. The molecule has 0 aromatic heterocycles. The Kier molecular flexibility index (Phi) is 5.26. The number of methoxy groups -OCH3 is 2. The highest BCUT2D eigenvalue weighted by atomic mass is 16.5. The number of allylic oxidation sites excluding steroid dienone is 1. The second kappa shape index (κ2) is 7.78. The molecule has 0 atom stereocenters. The van der Waals surface area contributed by atoms with Crippen molar-refractivity contribution in [2.24, 2.45) is 0 Å². The van der Waals surface area contributed by atoms with E-state index < -0.39 is 11.8 Å². The van der Waals surface area contributed by atoms with Crippen molar-refractivity contribution in [1.29, 1.82) is 0 Å². The lowest BCUT2D eigenvalue weighted by molar-refractivity contribution is -0.117.